The number of rotatable bonds is 5. The van der Waals surface area contributed by atoms with Gasteiger partial charge in [-0.1, -0.05) is 61.9 Å². The summed E-state index contributed by atoms with van der Waals surface area (Å²) in [7, 11) is 0. The van der Waals surface area contributed by atoms with Gasteiger partial charge in [0, 0.05) is 5.56 Å². The highest BCUT2D eigenvalue weighted by Crippen LogP contribution is 2.26. The van der Waals surface area contributed by atoms with Crippen molar-refractivity contribution in [3.8, 4) is 22.4 Å². The van der Waals surface area contributed by atoms with Gasteiger partial charge in [-0.3, -0.25) is 0 Å². The smallest absolute Gasteiger partial charge is 0.241 e. The first-order valence-corrected chi connectivity index (χ1v) is 8.42. The molecule has 0 N–H and O–H groups in total. The number of aryl methyl sites for hydroxylation is 1. The minimum atomic E-state index is -0.678. The van der Waals surface area contributed by atoms with Crippen LogP contribution >= 0.6 is 12.2 Å². The highest BCUT2D eigenvalue weighted by molar-refractivity contribution is 7.78. The largest absolute Gasteiger partial charge is 0.247 e. The number of aromatic nitrogens is 2. The second kappa shape index (κ2) is 7.88. The van der Waals surface area contributed by atoms with E-state index in [1.54, 1.807) is 0 Å². The van der Waals surface area contributed by atoms with Gasteiger partial charge in [0.05, 0.1) is 11.4 Å². The van der Waals surface area contributed by atoms with E-state index in [4.69, 9.17) is 0 Å². The molecule has 0 saturated carbocycles. The Morgan fingerprint density at radius 1 is 1.00 bits per heavy atom. The molecule has 0 bridgehead atoms. The van der Waals surface area contributed by atoms with Crippen molar-refractivity contribution >= 4 is 23.2 Å². The highest BCUT2D eigenvalue weighted by atomic mass is 32.1. The average Bonchev–Trinajstić information content (AvgIpc) is 2.63. The SMILES string of the molecule is CCCc1ccc(-c2ccc(-c3ncc(N=C=S)nc3F)cc2)cc1. The second-order valence-electron chi connectivity index (χ2n) is 5.59. The van der Waals surface area contributed by atoms with Crippen molar-refractivity contribution in [3.05, 3.63) is 66.2 Å². The quantitative estimate of drug-likeness (QED) is 0.442. The molecule has 0 fully saturated rings. The van der Waals surface area contributed by atoms with Gasteiger partial charge in [-0.2, -0.15) is 14.4 Å². The zero-order chi connectivity index (χ0) is 17.6. The fourth-order valence-electron chi connectivity index (χ4n) is 2.63. The molecule has 124 valence electrons. The van der Waals surface area contributed by atoms with Crippen LogP contribution in [0.3, 0.4) is 0 Å². The molecule has 2 aromatic carbocycles. The van der Waals surface area contributed by atoms with E-state index in [9.17, 15) is 4.39 Å². The van der Waals surface area contributed by atoms with Crippen molar-refractivity contribution in [1.82, 2.24) is 9.97 Å². The Morgan fingerprint density at radius 3 is 2.16 bits per heavy atom. The molecule has 3 rings (SSSR count). The van der Waals surface area contributed by atoms with Crippen LogP contribution in [0.5, 0.6) is 0 Å². The zero-order valence-electron chi connectivity index (χ0n) is 13.7. The van der Waals surface area contributed by atoms with E-state index < -0.39 is 5.95 Å². The molecule has 0 aliphatic carbocycles. The minimum Gasteiger partial charge on any atom is -0.247 e. The number of hydrogen-bond donors (Lipinski definition) is 0. The van der Waals surface area contributed by atoms with Gasteiger partial charge in [0.25, 0.3) is 0 Å². The normalized spacial score (nSPS) is 10.3. The fraction of sp³-hybridized carbons (Fsp3) is 0.150. The lowest BCUT2D eigenvalue weighted by Gasteiger charge is -2.06. The molecule has 5 heteroatoms. The number of aliphatic imine (C=N–C) groups is 1. The summed E-state index contributed by atoms with van der Waals surface area (Å²) in [5.41, 5.74) is 4.38. The third-order valence-corrected chi connectivity index (χ3v) is 3.95. The summed E-state index contributed by atoms with van der Waals surface area (Å²) in [5.74, 6) is -0.566. The lowest BCUT2D eigenvalue weighted by atomic mass is 10.0. The van der Waals surface area contributed by atoms with Gasteiger partial charge in [0.2, 0.25) is 5.95 Å². The number of nitrogens with zero attached hydrogens (tertiary/aromatic N) is 3. The maximum Gasteiger partial charge on any atom is 0.241 e. The van der Waals surface area contributed by atoms with E-state index in [1.165, 1.54) is 11.8 Å². The van der Waals surface area contributed by atoms with Gasteiger partial charge >= 0.3 is 0 Å². The molecule has 25 heavy (non-hydrogen) atoms. The number of isothiocyanates is 1. The molecule has 1 heterocycles. The summed E-state index contributed by atoms with van der Waals surface area (Å²) in [4.78, 5) is 11.4. The summed E-state index contributed by atoms with van der Waals surface area (Å²) in [6.45, 7) is 2.17. The van der Waals surface area contributed by atoms with Crippen LogP contribution in [-0.4, -0.2) is 15.1 Å². The molecule has 0 aliphatic rings. The Bertz CT molecular complexity index is 915. The van der Waals surface area contributed by atoms with Crippen LogP contribution in [0, 0.1) is 5.95 Å². The molecular formula is C20H16FN3S. The minimum absolute atomic E-state index is 0.111. The molecule has 0 atom stereocenters. The Labute approximate surface area is 151 Å². The molecule has 1 aromatic heterocycles. The van der Waals surface area contributed by atoms with E-state index in [-0.39, 0.29) is 11.5 Å². The maximum atomic E-state index is 14.1. The molecule has 0 aliphatic heterocycles. The molecule has 0 amide bonds. The van der Waals surface area contributed by atoms with Crippen LogP contribution in [-0.2, 0) is 6.42 Å². The summed E-state index contributed by atoms with van der Waals surface area (Å²) in [6, 6.07) is 16.1. The summed E-state index contributed by atoms with van der Waals surface area (Å²) < 4.78 is 14.1. The Morgan fingerprint density at radius 2 is 1.60 bits per heavy atom. The van der Waals surface area contributed by atoms with Crippen LogP contribution in [0.2, 0.25) is 0 Å². The van der Waals surface area contributed by atoms with Gasteiger partial charge in [0.1, 0.15) is 5.69 Å². The van der Waals surface area contributed by atoms with E-state index >= 15 is 0 Å². The number of halogens is 1. The van der Waals surface area contributed by atoms with Crippen LogP contribution in [0.15, 0.2) is 59.7 Å². The van der Waals surface area contributed by atoms with E-state index in [2.05, 4.69) is 63.5 Å². The first-order chi connectivity index (χ1) is 12.2. The van der Waals surface area contributed by atoms with E-state index in [0.717, 1.165) is 24.0 Å². The Kier molecular flexibility index (Phi) is 5.39. The third kappa shape index (κ3) is 4.02. The third-order valence-electron chi connectivity index (χ3n) is 3.86. The lowest BCUT2D eigenvalue weighted by molar-refractivity contribution is 0.582. The Hall–Kier alpha value is -2.75. The summed E-state index contributed by atoms with van der Waals surface area (Å²) in [6.07, 6.45) is 3.59. The van der Waals surface area contributed by atoms with Crippen molar-refractivity contribution < 1.29 is 4.39 Å². The summed E-state index contributed by atoms with van der Waals surface area (Å²) >= 11 is 4.48. The van der Waals surface area contributed by atoms with Gasteiger partial charge in [-0.15, -0.1) is 0 Å². The van der Waals surface area contributed by atoms with Crippen LogP contribution in [0.4, 0.5) is 10.2 Å². The van der Waals surface area contributed by atoms with E-state index in [1.807, 2.05) is 24.3 Å². The molecule has 3 aromatic rings. The average molecular weight is 349 g/mol. The standard InChI is InChI=1S/C20H16FN3S/c1-2-3-14-4-6-15(7-5-14)16-8-10-17(11-9-16)19-20(21)24-18(12-22-19)23-13-25/h4-12H,2-3H2,1H3. The van der Waals surface area contributed by atoms with Gasteiger partial charge in [0.15, 0.2) is 5.82 Å². The monoisotopic (exact) mass is 349 g/mol. The summed E-state index contributed by atoms with van der Waals surface area (Å²) in [5, 5.41) is 2.15. The van der Waals surface area contributed by atoms with Crippen LogP contribution in [0.25, 0.3) is 22.4 Å². The lowest BCUT2D eigenvalue weighted by Crippen LogP contribution is -1.93. The van der Waals surface area contributed by atoms with E-state index in [0.29, 0.717) is 5.56 Å². The van der Waals surface area contributed by atoms with Gasteiger partial charge in [-0.05, 0) is 35.3 Å². The number of hydrogen-bond acceptors (Lipinski definition) is 4. The topological polar surface area (TPSA) is 38.1 Å². The van der Waals surface area contributed by atoms with Crippen molar-refractivity contribution in [2.75, 3.05) is 0 Å². The maximum absolute atomic E-state index is 14.1. The molecule has 0 radical (unpaired) electrons. The van der Waals surface area contributed by atoms with Crippen molar-refractivity contribution in [2.45, 2.75) is 19.8 Å². The van der Waals surface area contributed by atoms with Crippen LogP contribution < -0.4 is 0 Å². The number of thiocarbonyl (C=S) groups is 1. The molecule has 0 unspecified atom stereocenters. The highest BCUT2D eigenvalue weighted by Gasteiger charge is 2.10. The molecular weight excluding hydrogens is 333 g/mol. The van der Waals surface area contributed by atoms with Crippen LogP contribution in [0.1, 0.15) is 18.9 Å². The van der Waals surface area contributed by atoms with Gasteiger partial charge < -0.3 is 0 Å². The first-order valence-electron chi connectivity index (χ1n) is 8.01. The fourth-order valence-corrected chi connectivity index (χ4v) is 2.72. The molecule has 0 saturated heterocycles. The van der Waals surface area contributed by atoms with Crippen molar-refractivity contribution in [1.29, 1.82) is 0 Å². The molecule has 0 spiro atoms. The predicted octanol–water partition coefficient (Wildman–Crippen LogP) is 5.64. The second-order valence-corrected chi connectivity index (χ2v) is 5.78. The zero-order valence-corrected chi connectivity index (χ0v) is 14.6. The predicted molar refractivity (Wildman–Crippen MR) is 102 cm³/mol. The Balaban J connectivity index is 1.86. The number of benzene rings is 2. The molecule has 3 nitrogen and oxygen atoms in total. The first kappa shape index (κ1) is 17.1. The van der Waals surface area contributed by atoms with Crippen molar-refractivity contribution in [3.63, 3.8) is 0 Å². The van der Waals surface area contributed by atoms with Gasteiger partial charge in [-0.25, -0.2) is 4.98 Å². The van der Waals surface area contributed by atoms with Crippen molar-refractivity contribution in [2.24, 2.45) is 4.99 Å².